The van der Waals surface area contributed by atoms with Gasteiger partial charge in [-0.25, -0.2) is 0 Å². The molecule has 3 rings (SSSR count). The number of hydrogen-bond donors (Lipinski definition) is 1. The molecule has 1 aromatic heterocycles. The summed E-state index contributed by atoms with van der Waals surface area (Å²) in [7, 11) is 0. The number of carbonyl (C=O) groups is 1. The third kappa shape index (κ3) is 2.62. The monoisotopic (exact) mass is 322 g/mol. The van der Waals surface area contributed by atoms with Crippen LogP contribution in [-0.2, 0) is 0 Å². The van der Waals surface area contributed by atoms with Gasteiger partial charge in [-0.15, -0.1) is 11.3 Å². The van der Waals surface area contributed by atoms with Gasteiger partial charge < -0.3 is 10.6 Å². The van der Waals surface area contributed by atoms with E-state index in [-0.39, 0.29) is 11.9 Å². The molecule has 0 aliphatic carbocycles. The Labute approximate surface area is 133 Å². The van der Waals surface area contributed by atoms with Gasteiger partial charge in [-0.3, -0.25) is 4.79 Å². The van der Waals surface area contributed by atoms with Crippen molar-refractivity contribution in [1.82, 2.24) is 4.90 Å². The highest BCUT2D eigenvalue weighted by Crippen LogP contribution is 2.37. The van der Waals surface area contributed by atoms with E-state index < -0.39 is 0 Å². The van der Waals surface area contributed by atoms with Crippen LogP contribution >= 0.6 is 22.9 Å². The second-order valence-corrected chi connectivity index (χ2v) is 7.45. The molecule has 2 aromatic rings. The van der Waals surface area contributed by atoms with Crippen LogP contribution < -0.4 is 5.73 Å². The molecule has 3 nitrogen and oxygen atoms in total. The van der Waals surface area contributed by atoms with E-state index in [0.29, 0.717) is 21.5 Å². The minimum absolute atomic E-state index is 0.0595. The van der Waals surface area contributed by atoms with E-state index >= 15 is 0 Å². The largest absolute Gasteiger partial charge is 0.397 e. The predicted octanol–water partition coefficient (Wildman–Crippen LogP) is 4.40. The van der Waals surface area contributed by atoms with E-state index in [1.54, 1.807) is 0 Å². The third-order valence-electron chi connectivity index (χ3n) is 4.28. The van der Waals surface area contributed by atoms with Crippen LogP contribution in [0.2, 0.25) is 5.02 Å². The summed E-state index contributed by atoms with van der Waals surface area (Å²) < 4.78 is 1.01. The average molecular weight is 323 g/mol. The number of thiophene rings is 1. The average Bonchev–Trinajstić information content (AvgIpc) is 2.75. The summed E-state index contributed by atoms with van der Waals surface area (Å²) in [6.07, 6.45) is 2.12. The molecule has 1 amide bonds. The van der Waals surface area contributed by atoms with Gasteiger partial charge in [-0.2, -0.15) is 0 Å². The number of piperidine rings is 1. The molecule has 1 saturated heterocycles. The van der Waals surface area contributed by atoms with Gasteiger partial charge in [-0.1, -0.05) is 18.5 Å². The quantitative estimate of drug-likeness (QED) is 0.846. The van der Waals surface area contributed by atoms with E-state index in [9.17, 15) is 4.79 Å². The number of anilines is 1. The van der Waals surface area contributed by atoms with E-state index in [1.807, 2.05) is 23.1 Å². The minimum Gasteiger partial charge on any atom is -0.397 e. The Kier molecular flexibility index (Phi) is 3.84. The SMILES string of the molecule is CC1CCN(C(=O)c2sc3ccc(Cl)cc3c2N)C(C)C1. The number of benzene rings is 1. The molecule has 2 N–H and O–H groups in total. The maximum atomic E-state index is 12.8. The number of nitrogen functional groups attached to an aromatic ring is 1. The first-order valence-corrected chi connectivity index (χ1v) is 8.45. The third-order valence-corrected chi connectivity index (χ3v) is 5.69. The van der Waals surface area contributed by atoms with Crippen molar-refractivity contribution in [2.24, 2.45) is 5.92 Å². The highest BCUT2D eigenvalue weighted by atomic mass is 35.5. The Balaban J connectivity index is 1.96. The van der Waals surface area contributed by atoms with Crippen molar-refractivity contribution in [2.75, 3.05) is 12.3 Å². The molecule has 5 heteroatoms. The van der Waals surface area contributed by atoms with E-state index in [1.165, 1.54) is 11.3 Å². The molecule has 0 radical (unpaired) electrons. The molecule has 21 heavy (non-hydrogen) atoms. The molecular weight excluding hydrogens is 304 g/mol. The lowest BCUT2D eigenvalue weighted by Gasteiger charge is -2.36. The summed E-state index contributed by atoms with van der Waals surface area (Å²) in [5.74, 6) is 0.742. The van der Waals surface area contributed by atoms with E-state index in [0.717, 1.165) is 29.5 Å². The molecule has 112 valence electrons. The second-order valence-electron chi connectivity index (χ2n) is 5.96. The highest BCUT2D eigenvalue weighted by Gasteiger charge is 2.29. The molecule has 1 fully saturated rings. The van der Waals surface area contributed by atoms with Gasteiger partial charge in [0.15, 0.2) is 0 Å². The molecule has 2 heterocycles. The van der Waals surface area contributed by atoms with Crippen molar-refractivity contribution in [2.45, 2.75) is 32.7 Å². The Morgan fingerprint density at radius 2 is 2.19 bits per heavy atom. The van der Waals surface area contributed by atoms with Crippen LogP contribution in [0.25, 0.3) is 10.1 Å². The molecule has 1 aliphatic heterocycles. The maximum Gasteiger partial charge on any atom is 0.266 e. The van der Waals surface area contributed by atoms with Gasteiger partial charge in [0.25, 0.3) is 5.91 Å². The van der Waals surface area contributed by atoms with Crippen LogP contribution in [0.4, 0.5) is 5.69 Å². The predicted molar refractivity (Wildman–Crippen MR) is 90.1 cm³/mol. The Morgan fingerprint density at radius 3 is 2.90 bits per heavy atom. The lowest BCUT2D eigenvalue weighted by molar-refractivity contribution is 0.0594. The molecule has 2 unspecified atom stereocenters. The van der Waals surface area contributed by atoms with Crippen LogP contribution in [-0.4, -0.2) is 23.4 Å². The highest BCUT2D eigenvalue weighted by molar-refractivity contribution is 7.21. The van der Waals surface area contributed by atoms with Crippen LogP contribution in [0.15, 0.2) is 18.2 Å². The standard InChI is InChI=1S/C16H19ClN2OS/c1-9-5-6-19(10(2)7-9)16(20)15-14(18)12-8-11(17)3-4-13(12)21-15/h3-4,8-10H,5-7,18H2,1-2H3. The number of hydrogen-bond acceptors (Lipinski definition) is 3. The summed E-state index contributed by atoms with van der Waals surface area (Å²) in [4.78, 5) is 15.4. The summed E-state index contributed by atoms with van der Waals surface area (Å²) in [6.45, 7) is 5.18. The number of rotatable bonds is 1. The Bertz CT molecular complexity index is 697. The maximum absolute atomic E-state index is 12.8. The van der Waals surface area contributed by atoms with Crippen LogP contribution in [0, 0.1) is 5.92 Å². The van der Waals surface area contributed by atoms with Gasteiger partial charge in [0, 0.05) is 27.7 Å². The first kappa shape index (κ1) is 14.7. The van der Waals surface area contributed by atoms with Gasteiger partial charge in [-0.05, 0) is 43.9 Å². The minimum atomic E-state index is 0.0595. The van der Waals surface area contributed by atoms with Gasteiger partial charge in [0.05, 0.1) is 5.69 Å². The number of nitrogens with zero attached hydrogens (tertiary/aromatic N) is 1. The topological polar surface area (TPSA) is 46.3 Å². The summed E-state index contributed by atoms with van der Waals surface area (Å²) in [6, 6.07) is 5.87. The lowest BCUT2D eigenvalue weighted by Crippen LogP contribution is -2.44. The number of fused-ring (bicyclic) bond motifs is 1. The molecular formula is C16H19ClN2OS. The zero-order chi connectivity index (χ0) is 15.1. The van der Waals surface area contributed by atoms with E-state index in [2.05, 4.69) is 13.8 Å². The van der Waals surface area contributed by atoms with Crippen molar-refractivity contribution in [3.05, 3.63) is 28.1 Å². The van der Waals surface area contributed by atoms with E-state index in [4.69, 9.17) is 17.3 Å². The van der Waals surface area contributed by atoms with Crippen LogP contribution in [0.1, 0.15) is 36.4 Å². The van der Waals surface area contributed by atoms with Crippen molar-refractivity contribution in [1.29, 1.82) is 0 Å². The number of halogens is 1. The first-order chi connectivity index (χ1) is 9.97. The van der Waals surface area contributed by atoms with Crippen molar-refractivity contribution in [3.63, 3.8) is 0 Å². The first-order valence-electron chi connectivity index (χ1n) is 7.26. The summed E-state index contributed by atoms with van der Waals surface area (Å²) in [5, 5.41) is 1.53. The van der Waals surface area contributed by atoms with Crippen molar-refractivity contribution >= 4 is 44.6 Å². The fourth-order valence-electron chi connectivity index (χ4n) is 3.09. The Morgan fingerprint density at radius 1 is 1.43 bits per heavy atom. The summed E-state index contributed by atoms with van der Waals surface area (Å²) >= 11 is 7.48. The van der Waals surface area contributed by atoms with Crippen LogP contribution in [0.5, 0.6) is 0 Å². The molecule has 0 spiro atoms. The molecule has 0 saturated carbocycles. The van der Waals surface area contributed by atoms with Gasteiger partial charge in [0.1, 0.15) is 4.88 Å². The van der Waals surface area contributed by atoms with Crippen molar-refractivity contribution < 1.29 is 4.79 Å². The molecule has 1 aliphatic rings. The number of nitrogens with two attached hydrogens (primary N) is 1. The molecule has 2 atom stereocenters. The smallest absolute Gasteiger partial charge is 0.266 e. The normalized spacial score (nSPS) is 22.7. The number of likely N-dealkylation sites (tertiary alicyclic amines) is 1. The van der Waals surface area contributed by atoms with Gasteiger partial charge >= 0.3 is 0 Å². The lowest BCUT2D eigenvalue weighted by atomic mass is 9.93. The summed E-state index contributed by atoms with van der Waals surface area (Å²) in [5.41, 5.74) is 6.76. The van der Waals surface area contributed by atoms with Crippen molar-refractivity contribution in [3.8, 4) is 0 Å². The zero-order valence-corrected chi connectivity index (χ0v) is 13.8. The fourth-order valence-corrected chi connectivity index (χ4v) is 4.32. The number of carbonyl (C=O) groups excluding carboxylic acids is 1. The van der Waals surface area contributed by atoms with Gasteiger partial charge in [0.2, 0.25) is 0 Å². The number of amides is 1. The fraction of sp³-hybridized carbons (Fsp3) is 0.438. The molecule has 1 aromatic carbocycles. The second kappa shape index (κ2) is 5.50. The van der Waals surface area contributed by atoms with Crippen LogP contribution in [0.3, 0.4) is 0 Å². The Hall–Kier alpha value is -1.26. The molecule has 0 bridgehead atoms. The zero-order valence-electron chi connectivity index (χ0n) is 12.2.